The predicted octanol–water partition coefficient (Wildman–Crippen LogP) is 2.86. The molecule has 0 unspecified atom stereocenters. The monoisotopic (exact) mass is 432 g/mol. The second-order valence-corrected chi connectivity index (χ2v) is 7.38. The minimum absolute atomic E-state index is 0.172. The summed E-state index contributed by atoms with van der Waals surface area (Å²) in [7, 11) is 2.11. The number of pyridine rings is 1. The van der Waals surface area contributed by atoms with E-state index >= 15 is 0 Å². The summed E-state index contributed by atoms with van der Waals surface area (Å²) >= 11 is 0. The molecule has 3 heterocycles. The zero-order chi connectivity index (χ0) is 22.8. The van der Waals surface area contributed by atoms with Crippen LogP contribution in [-0.2, 0) is 0 Å². The van der Waals surface area contributed by atoms with E-state index in [0.29, 0.717) is 22.7 Å². The number of ether oxygens (including phenoxy) is 1. The van der Waals surface area contributed by atoms with Gasteiger partial charge in [-0.05, 0) is 39.0 Å². The van der Waals surface area contributed by atoms with Crippen molar-refractivity contribution in [2.24, 2.45) is 5.73 Å². The molecule has 1 saturated heterocycles. The van der Waals surface area contributed by atoms with Gasteiger partial charge in [0.05, 0.1) is 23.6 Å². The summed E-state index contributed by atoms with van der Waals surface area (Å²) in [5.41, 5.74) is 7.52. The van der Waals surface area contributed by atoms with Crippen LogP contribution < -0.4 is 15.8 Å². The number of hydrogen-bond acceptors (Lipinski definition) is 6. The van der Waals surface area contributed by atoms with Gasteiger partial charge in [-0.2, -0.15) is 5.10 Å². The Balaban J connectivity index is 1.61. The van der Waals surface area contributed by atoms with Crippen LogP contribution in [0.4, 0.5) is 5.69 Å². The Kier molecular flexibility index (Phi) is 8.23. The van der Waals surface area contributed by atoms with Gasteiger partial charge in [0.2, 0.25) is 5.88 Å². The van der Waals surface area contributed by atoms with E-state index in [0.717, 1.165) is 25.9 Å². The Labute approximate surface area is 188 Å². The van der Waals surface area contributed by atoms with Gasteiger partial charge < -0.3 is 20.7 Å². The van der Waals surface area contributed by atoms with E-state index in [9.17, 15) is 4.79 Å². The molecule has 0 saturated carbocycles. The molecule has 0 atom stereocenters. The maximum absolute atomic E-state index is 12.7. The molecule has 0 radical (unpaired) electrons. The number of allylic oxidation sites excluding steroid dienone is 5. The van der Waals surface area contributed by atoms with E-state index in [2.05, 4.69) is 44.3 Å². The molecule has 8 nitrogen and oxygen atoms in total. The highest BCUT2D eigenvalue weighted by atomic mass is 16.5. The Morgan fingerprint density at radius 3 is 2.81 bits per heavy atom. The molecular formula is C24H28N6O2. The second-order valence-electron chi connectivity index (χ2n) is 7.38. The van der Waals surface area contributed by atoms with Gasteiger partial charge in [0.15, 0.2) is 0 Å². The predicted molar refractivity (Wildman–Crippen MR) is 125 cm³/mol. The first kappa shape index (κ1) is 22.8. The standard InChI is InChI=1S/C24H28N6O2/c1-3-4-5-6-18(15-25)7-8-19-16-27-29-23(19)24(31)28-20-9-10-22(26-17-20)32-21-11-13-30(2)14-12-21/h3-6,9-10,15-17,21H,11-14,25H2,1-2H3,(H,27,29)(H,28,31)/b4-3+,6-5-,18-15+. The van der Waals surface area contributed by atoms with Crippen LogP contribution in [0.2, 0.25) is 0 Å². The molecule has 0 aliphatic carbocycles. The van der Waals surface area contributed by atoms with Crippen LogP contribution in [0.15, 0.2) is 60.6 Å². The maximum Gasteiger partial charge on any atom is 0.275 e. The van der Waals surface area contributed by atoms with Gasteiger partial charge in [0.25, 0.3) is 5.91 Å². The average Bonchev–Trinajstić information content (AvgIpc) is 3.28. The fourth-order valence-corrected chi connectivity index (χ4v) is 3.09. The molecule has 8 heteroatoms. The lowest BCUT2D eigenvalue weighted by molar-refractivity contribution is 0.102. The molecule has 1 aliphatic heterocycles. The topological polar surface area (TPSA) is 109 Å². The number of carbonyl (C=O) groups excluding carboxylic acids is 1. The highest BCUT2D eigenvalue weighted by Gasteiger charge is 2.18. The molecule has 1 aliphatic rings. The number of nitrogens with two attached hydrogens (primary N) is 1. The summed E-state index contributed by atoms with van der Waals surface area (Å²) in [6.07, 6.45) is 14.0. The number of nitrogens with one attached hydrogen (secondary N) is 2. The minimum atomic E-state index is -0.361. The first-order valence-corrected chi connectivity index (χ1v) is 10.5. The fourth-order valence-electron chi connectivity index (χ4n) is 3.09. The summed E-state index contributed by atoms with van der Waals surface area (Å²) in [4.78, 5) is 19.3. The smallest absolute Gasteiger partial charge is 0.275 e. The number of nitrogens with zero attached hydrogens (tertiary/aromatic N) is 3. The highest BCUT2D eigenvalue weighted by molar-refractivity contribution is 6.04. The van der Waals surface area contributed by atoms with E-state index < -0.39 is 0 Å². The van der Waals surface area contributed by atoms with Crippen LogP contribution in [0, 0.1) is 11.8 Å². The molecule has 0 spiro atoms. The van der Waals surface area contributed by atoms with Crippen LogP contribution in [0.25, 0.3) is 0 Å². The van der Waals surface area contributed by atoms with Crippen molar-refractivity contribution < 1.29 is 9.53 Å². The molecule has 0 bridgehead atoms. The third-order valence-corrected chi connectivity index (χ3v) is 4.91. The number of piperidine rings is 1. The van der Waals surface area contributed by atoms with E-state index in [-0.39, 0.29) is 17.7 Å². The minimum Gasteiger partial charge on any atom is -0.474 e. The largest absolute Gasteiger partial charge is 0.474 e. The quantitative estimate of drug-likeness (QED) is 0.478. The van der Waals surface area contributed by atoms with Gasteiger partial charge in [-0.15, -0.1) is 0 Å². The van der Waals surface area contributed by atoms with Crippen LogP contribution in [0.5, 0.6) is 5.88 Å². The van der Waals surface area contributed by atoms with Crippen molar-refractivity contribution >= 4 is 11.6 Å². The summed E-state index contributed by atoms with van der Waals surface area (Å²) < 4.78 is 5.94. The van der Waals surface area contributed by atoms with Gasteiger partial charge in [0.1, 0.15) is 11.8 Å². The summed E-state index contributed by atoms with van der Waals surface area (Å²) in [5.74, 6) is 6.05. The van der Waals surface area contributed by atoms with Gasteiger partial charge in [-0.3, -0.25) is 9.89 Å². The number of aromatic amines is 1. The number of aromatic nitrogens is 3. The molecule has 32 heavy (non-hydrogen) atoms. The molecule has 1 fully saturated rings. The molecule has 166 valence electrons. The summed E-state index contributed by atoms with van der Waals surface area (Å²) in [6, 6.07) is 3.52. The number of amides is 1. The lowest BCUT2D eigenvalue weighted by Gasteiger charge is -2.28. The molecule has 2 aromatic heterocycles. The number of rotatable bonds is 6. The third kappa shape index (κ3) is 6.59. The Bertz CT molecular complexity index is 1050. The highest BCUT2D eigenvalue weighted by Crippen LogP contribution is 2.18. The lowest BCUT2D eigenvalue weighted by atomic mass is 10.1. The van der Waals surface area contributed by atoms with Crippen LogP contribution >= 0.6 is 0 Å². The fraction of sp³-hybridized carbons (Fsp3) is 0.292. The van der Waals surface area contributed by atoms with E-state index in [1.165, 1.54) is 12.4 Å². The summed E-state index contributed by atoms with van der Waals surface area (Å²) in [6.45, 7) is 3.95. The van der Waals surface area contributed by atoms with Crippen molar-refractivity contribution in [1.29, 1.82) is 0 Å². The molecule has 3 rings (SSSR count). The van der Waals surface area contributed by atoms with E-state index in [1.54, 1.807) is 24.4 Å². The Morgan fingerprint density at radius 2 is 2.12 bits per heavy atom. The number of hydrogen-bond donors (Lipinski definition) is 3. The molecular weight excluding hydrogens is 404 g/mol. The third-order valence-electron chi connectivity index (χ3n) is 4.91. The van der Waals surface area contributed by atoms with Crippen molar-refractivity contribution in [1.82, 2.24) is 20.1 Å². The van der Waals surface area contributed by atoms with Crippen molar-refractivity contribution in [2.75, 3.05) is 25.5 Å². The van der Waals surface area contributed by atoms with Gasteiger partial charge >= 0.3 is 0 Å². The number of carbonyl (C=O) groups is 1. The van der Waals surface area contributed by atoms with E-state index in [1.807, 2.05) is 25.2 Å². The Hall–Kier alpha value is -3.83. The molecule has 0 aromatic carbocycles. The van der Waals surface area contributed by atoms with Crippen LogP contribution in [0.3, 0.4) is 0 Å². The molecule has 4 N–H and O–H groups in total. The van der Waals surface area contributed by atoms with Gasteiger partial charge in [-0.1, -0.05) is 30.1 Å². The van der Waals surface area contributed by atoms with Crippen molar-refractivity contribution in [3.05, 3.63) is 71.9 Å². The van der Waals surface area contributed by atoms with Crippen molar-refractivity contribution in [2.45, 2.75) is 25.9 Å². The first-order valence-electron chi connectivity index (χ1n) is 10.5. The number of likely N-dealkylation sites (tertiary alicyclic amines) is 1. The van der Waals surface area contributed by atoms with Crippen molar-refractivity contribution in [3.63, 3.8) is 0 Å². The molecule has 1 amide bonds. The van der Waals surface area contributed by atoms with Crippen LogP contribution in [-0.4, -0.2) is 52.2 Å². The second kappa shape index (κ2) is 11.5. The number of H-pyrrole nitrogens is 1. The van der Waals surface area contributed by atoms with Crippen molar-refractivity contribution in [3.8, 4) is 17.7 Å². The van der Waals surface area contributed by atoms with E-state index in [4.69, 9.17) is 10.5 Å². The average molecular weight is 433 g/mol. The normalized spacial score (nSPS) is 15.6. The number of anilines is 1. The zero-order valence-electron chi connectivity index (χ0n) is 18.3. The lowest BCUT2D eigenvalue weighted by Crippen LogP contribution is -2.35. The zero-order valence-corrected chi connectivity index (χ0v) is 18.3. The summed E-state index contributed by atoms with van der Waals surface area (Å²) in [5, 5.41) is 9.44. The maximum atomic E-state index is 12.7. The van der Waals surface area contributed by atoms with Crippen LogP contribution in [0.1, 0.15) is 35.8 Å². The van der Waals surface area contributed by atoms with Gasteiger partial charge in [-0.25, -0.2) is 4.98 Å². The first-order chi connectivity index (χ1) is 15.6. The molecule has 2 aromatic rings. The van der Waals surface area contributed by atoms with Gasteiger partial charge in [0, 0.05) is 30.9 Å². The Morgan fingerprint density at radius 1 is 1.31 bits per heavy atom. The SMILES string of the molecule is C/C=C/C=C\C(C#Cc1cn[nH]c1C(=O)Nc1ccc(OC2CCN(C)CC2)nc1)=C/N.